The summed E-state index contributed by atoms with van der Waals surface area (Å²) >= 11 is 3.31. The van der Waals surface area contributed by atoms with Crippen molar-refractivity contribution in [3.8, 4) is 5.75 Å². The monoisotopic (exact) mass is 367 g/mol. The first kappa shape index (κ1) is 15.7. The smallest absolute Gasteiger partial charge is 0.357 e. The standard InChI is InChI=1S/C13H10BrN3O5/c1-22-10-5-3-7(6-8(10)14)2-4-9-11(17(20)21)12(18)16-13(19)15-9/h2-6H,1H3,(H2,15,16,18,19)/b4-2-. The Labute approximate surface area is 131 Å². The van der Waals surface area contributed by atoms with Crippen LogP contribution in [-0.2, 0) is 0 Å². The summed E-state index contributed by atoms with van der Waals surface area (Å²) in [5.41, 5.74) is -2.06. The van der Waals surface area contributed by atoms with Crippen LogP contribution >= 0.6 is 15.9 Å². The van der Waals surface area contributed by atoms with Crippen LogP contribution < -0.4 is 16.0 Å². The summed E-state index contributed by atoms with van der Waals surface area (Å²) in [6, 6.07) is 5.16. The van der Waals surface area contributed by atoms with Crippen LogP contribution in [0.2, 0.25) is 0 Å². The number of rotatable bonds is 4. The molecule has 0 radical (unpaired) electrons. The molecule has 114 valence electrons. The Morgan fingerprint density at radius 1 is 1.27 bits per heavy atom. The number of hydrogen-bond donors (Lipinski definition) is 2. The zero-order valence-electron chi connectivity index (χ0n) is 11.3. The minimum absolute atomic E-state index is 0.175. The van der Waals surface area contributed by atoms with Crippen LogP contribution in [0.15, 0.2) is 32.3 Å². The lowest BCUT2D eigenvalue weighted by molar-refractivity contribution is -0.386. The van der Waals surface area contributed by atoms with E-state index in [-0.39, 0.29) is 5.69 Å². The number of methoxy groups -OCH3 is 1. The molecule has 0 saturated carbocycles. The zero-order valence-corrected chi connectivity index (χ0v) is 12.8. The first-order chi connectivity index (χ1) is 10.4. The molecule has 0 aliphatic heterocycles. The number of nitrogens with zero attached hydrogens (tertiary/aromatic N) is 1. The van der Waals surface area contributed by atoms with Crippen molar-refractivity contribution >= 4 is 33.8 Å². The molecule has 9 heteroatoms. The fourth-order valence-corrected chi connectivity index (χ4v) is 2.32. The van der Waals surface area contributed by atoms with E-state index in [1.807, 2.05) is 4.98 Å². The van der Waals surface area contributed by atoms with Crippen molar-refractivity contribution in [2.45, 2.75) is 0 Å². The summed E-state index contributed by atoms with van der Waals surface area (Å²) in [6.45, 7) is 0. The Bertz CT molecular complexity index is 869. The van der Waals surface area contributed by atoms with Gasteiger partial charge in [-0.2, -0.15) is 0 Å². The summed E-state index contributed by atoms with van der Waals surface area (Å²) in [4.78, 5) is 36.8. The number of halogens is 1. The van der Waals surface area contributed by atoms with Gasteiger partial charge in [0.2, 0.25) is 0 Å². The van der Waals surface area contributed by atoms with Crippen LogP contribution in [-0.4, -0.2) is 22.0 Å². The first-order valence-electron chi connectivity index (χ1n) is 5.95. The molecule has 22 heavy (non-hydrogen) atoms. The van der Waals surface area contributed by atoms with Crippen LogP contribution in [0.1, 0.15) is 11.3 Å². The topological polar surface area (TPSA) is 118 Å². The molecule has 1 aromatic carbocycles. The number of nitrogens with one attached hydrogen (secondary N) is 2. The van der Waals surface area contributed by atoms with Crippen LogP contribution in [0, 0.1) is 10.1 Å². The largest absolute Gasteiger partial charge is 0.496 e. The lowest BCUT2D eigenvalue weighted by Crippen LogP contribution is -2.25. The van der Waals surface area contributed by atoms with Gasteiger partial charge in [0, 0.05) is 0 Å². The van der Waals surface area contributed by atoms with Crippen molar-refractivity contribution in [1.82, 2.24) is 9.97 Å². The summed E-state index contributed by atoms with van der Waals surface area (Å²) in [7, 11) is 1.53. The van der Waals surface area contributed by atoms with E-state index in [4.69, 9.17) is 4.74 Å². The van der Waals surface area contributed by atoms with Gasteiger partial charge in [0.25, 0.3) is 0 Å². The second-order valence-electron chi connectivity index (χ2n) is 4.15. The predicted molar refractivity (Wildman–Crippen MR) is 84.0 cm³/mol. The maximum atomic E-state index is 11.5. The van der Waals surface area contributed by atoms with Gasteiger partial charge in [-0.05, 0) is 39.7 Å². The van der Waals surface area contributed by atoms with E-state index in [1.54, 1.807) is 18.2 Å². The number of ether oxygens (including phenoxy) is 1. The minimum atomic E-state index is -1.05. The Morgan fingerprint density at radius 3 is 2.59 bits per heavy atom. The van der Waals surface area contributed by atoms with Gasteiger partial charge in [-0.1, -0.05) is 12.1 Å². The predicted octanol–water partition coefficient (Wildman–Crippen LogP) is 1.91. The zero-order chi connectivity index (χ0) is 16.3. The molecule has 0 amide bonds. The molecular weight excluding hydrogens is 358 g/mol. The van der Waals surface area contributed by atoms with E-state index >= 15 is 0 Å². The average Bonchev–Trinajstić information content (AvgIpc) is 2.44. The summed E-state index contributed by atoms with van der Waals surface area (Å²) in [6.07, 6.45) is 2.82. The third-order valence-electron chi connectivity index (χ3n) is 2.75. The number of H-pyrrole nitrogens is 2. The van der Waals surface area contributed by atoms with Gasteiger partial charge < -0.3 is 9.72 Å². The van der Waals surface area contributed by atoms with Crippen molar-refractivity contribution < 1.29 is 9.66 Å². The van der Waals surface area contributed by atoms with Crippen molar-refractivity contribution in [2.75, 3.05) is 7.11 Å². The van der Waals surface area contributed by atoms with Crippen LogP contribution in [0.3, 0.4) is 0 Å². The fourth-order valence-electron chi connectivity index (χ4n) is 1.77. The molecule has 0 fully saturated rings. The molecule has 1 heterocycles. The second-order valence-corrected chi connectivity index (χ2v) is 5.01. The second kappa shape index (κ2) is 6.39. The van der Waals surface area contributed by atoms with Crippen LogP contribution in [0.4, 0.5) is 5.69 Å². The molecule has 0 aliphatic carbocycles. The molecule has 2 rings (SSSR count). The third kappa shape index (κ3) is 3.31. The van der Waals surface area contributed by atoms with Gasteiger partial charge in [-0.15, -0.1) is 0 Å². The van der Waals surface area contributed by atoms with Crippen LogP contribution in [0.25, 0.3) is 12.2 Å². The quantitative estimate of drug-likeness (QED) is 0.631. The SMILES string of the molecule is COc1ccc(/C=C\c2[nH]c(=O)[nH]c(=O)c2[N+](=O)[O-])cc1Br. The lowest BCUT2D eigenvalue weighted by atomic mass is 10.2. The highest BCUT2D eigenvalue weighted by molar-refractivity contribution is 9.10. The molecule has 0 bridgehead atoms. The molecule has 0 spiro atoms. The number of benzene rings is 1. The Morgan fingerprint density at radius 2 is 2.00 bits per heavy atom. The number of aromatic amines is 2. The minimum Gasteiger partial charge on any atom is -0.496 e. The maximum Gasteiger partial charge on any atom is 0.357 e. The summed E-state index contributed by atoms with van der Waals surface area (Å²) < 4.78 is 5.79. The number of nitro groups is 1. The molecule has 0 saturated heterocycles. The van der Waals surface area contributed by atoms with Gasteiger partial charge in [0.1, 0.15) is 11.4 Å². The third-order valence-corrected chi connectivity index (χ3v) is 3.37. The van der Waals surface area contributed by atoms with Gasteiger partial charge >= 0.3 is 16.9 Å². The van der Waals surface area contributed by atoms with Crippen molar-refractivity contribution in [3.63, 3.8) is 0 Å². The van der Waals surface area contributed by atoms with E-state index in [0.29, 0.717) is 15.8 Å². The summed E-state index contributed by atoms with van der Waals surface area (Å²) in [5.74, 6) is 0.632. The van der Waals surface area contributed by atoms with E-state index in [0.717, 1.165) is 0 Å². The van der Waals surface area contributed by atoms with E-state index in [1.165, 1.54) is 19.3 Å². The molecule has 0 unspecified atom stereocenters. The van der Waals surface area contributed by atoms with E-state index < -0.39 is 21.9 Å². The van der Waals surface area contributed by atoms with E-state index in [9.17, 15) is 19.7 Å². The highest BCUT2D eigenvalue weighted by Gasteiger charge is 2.18. The van der Waals surface area contributed by atoms with Crippen molar-refractivity contribution in [3.05, 3.63) is 64.9 Å². The Hall–Kier alpha value is -2.68. The molecule has 0 aliphatic rings. The Balaban J connectivity index is 2.46. The fraction of sp³-hybridized carbons (Fsp3) is 0.0769. The van der Waals surface area contributed by atoms with E-state index in [2.05, 4.69) is 20.9 Å². The first-order valence-corrected chi connectivity index (χ1v) is 6.74. The highest BCUT2D eigenvalue weighted by atomic mass is 79.9. The van der Waals surface area contributed by atoms with Gasteiger partial charge in [-0.25, -0.2) is 4.79 Å². The van der Waals surface area contributed by atoms with Crippen LogP contribution in [0.5, 0.6) is 5.75 Å². The van der Waals surface area contributed by atoms with Gasteiger partial charge in [-0.3, -0.25) is 19.9 Å². The molecule has 0 atom stereocenters. The lowest BCUT2D eigenvalue weighted by Gasteiger charge is -2.03. The molecule has 8 nitrogen and oxygen atoms in total. The summed E-state index contributed by atoms with van der Waals surface area (Å²) in [5, 5.41) is 10.9. The highest BCUT2D eigenvalue weighted by Crippen LogP contribution is 2.26. The van der Waals surface area contributed by atoms with Gasteiger partial charge in [0.05, 0.1) is 16.5 Å². The van der Waals surface area contributed by atoms with Crippen molar-refractivity contribution in [1.29, 1.82) is 0 Å². The molecule has 1 aromatic heterocycles. The average molecular weight is 368 g/mol. The van der Waals surface area contributed by atoms with Crippen molar-refractivity contribution in [2.24, 2.45) is 0 Å². The molecule has 2 N–H and O–H groups in total. The molecular formula is C13H10BrN3O5. The molecule has 2 aromatic rings. The normalized spacial score (nSPS) is 10.8. The Kier molecular flexibility index (Phi) is 4.56. The van der Waals surface area contributed by atoms with Gasteiger partial charge in [0.15, 0.2) is 0 Å². The maximum absolute atomic E-state index is 11.5. The number of aromatic nitrogens is 2. The number of hydrogen-bond acceptors (Lipinski definition) is 5.